The number of benzene rings is 1. The van der Waals surface area contributed by atoms with Crippen LogP contribution in [-0.4, -0.2) is 18.8 Å². The van der Waals surface area contributed by atoms with Crippen LogP contribution < -0.4 is 10.1 Å². The molecular formula is C13H14ClNO2. The first-order valence-corrected chi connectivity index (χ1v) is 6.09. The van der Waals surface area contributed by atoms with E-state index in [4.69, 9.17) is 16.3 Å². The normalized spacial score (nSPS) is 17.1. The monoisotopic (exact) mass is 251 g/mol. The third-order valence-corrected chi connectivity index (χ3v) is 2.88. The molecule has 0 aromatic heterocycles. The molecule has 2 rings (SSSR count). The van der Waals surface area contributed by atoms with Crippen LogP contribution in [0.4, 0.5) is 0 Å². The van der Waals surface area contributed by atoms with E-state index in [1.807, 2.05) is 24.3 Å². The maximum atomic E-state index is 10.9. The maximum absolute atomic E-state index is 10.9. The Bertz CT molecular complexity index is 431. The van der Waals surface area contributed by atoms with E-state index < -0.39 is 0 Å². The van der Waals surface area contributed by atoms with Gasteiger partial charge in [0.15, 0.2) is 0 Å². The molecule has 1 N–H and O–H groups in total. The minimum absolute atomic E-state index is 0.258. The second kappa shape index (κ2) is 5.73. The van der Waals surface area contributed by atoms with Crippen molar-refractivity contribution in [3.63, 3.8) is 0 Å². The van der Waals surface area contributed by atoms with E-state index in [-0.39, 0.29) is 6.04 Å². The van der Waals surface area contributed by atoms with Crippen molar-refractivity contribution in [1.29, 1.82) is 0 Å². The van der Waals surface area contributed by atoms with Gasteiger partial charge in [0.2, 0.25) is 0 Å². The maximum Gasteiger partial charge on any atom is 0.146 e. The first kappa shape index (κ1) is 12.0. The van der Waals surface area contributed by atoms with E-state index in [0.717, 1.165) is 29.6 Å². The Morgan fingerprint density at radius 1 is 1.47 bits per heavy atom. The van der Waals surface area contributed by atoms with Gasteiger partial charge in [-0.1, -0.05) is 6.07 Å². The molecule has 0 fully saturated rings. The second-order valence-electron chi connectivity index (χ2n) is 3.80. The lowest BCUT2D eigenvalue weighted by Gasteiger charge is -2.19. The molecule has 0 spiro atoms. The summed E-state index contributed by atoms with van der Waals surface area (Å²) in [6.07, 6.45) is 5.44. The summed E-state index contributed by atoms with van der Waals surface area (Å²) in [6.45, 7) is 0.612. The number of fused-ring (bicyclic) bond motifs is 1. The van der Waals surface area contributed by atoms with Crippen LogP contribution in [0.3, 0.4) is 0 Å². The Labute approximate surface area is 105 Å². The van der Waals surface area contributed by atoms with Gasteiger partial charge in [-0.05, 0) is 42.0 Å². The van der Waals surface area contributed by atoms with E-state index in [2.05, 4.69) is 5.32 Å². The predicted molar refractivity (Wildman–Crippen MR) is 68.2 cm³/mol. The minimum Gasteiger partial charge on any atom is -0.494 e. The first-order chi connectivity index (χ1) is 8.35. The largest absolute Gasteiger partial charge is 0.494 e. The summed E-state index contributed by atoms with van der Waals surface area (Å²) in [6, 6.07) is 5.48. The number of hydrogen-bond acceptors (Lipinski definition) is 3. The molecular weight excluding hydrogens is 238 g/mol. The number of alkyl halides is 1. The van der Waals surface area contributed by atoms with Gasteiger partial charge in [-0.3, -0.25) is 0 Å². The number of hydrogen-bond donors (Lipinski definition) is 1. The highest BCUT2D eigenvalue weighted by molar-refractivity contribution is 6.17. The molecule has 1 aromatic carbocycles. The van der Waals surface area contributed by atoms with Crippen LogP contribution in [0.25, 0.3) is 6.08 Å². The highest BCUT2D eigenvalue weighted by Gasteiger charge is 2.15. The Morgan fingerprint density at radius 3 is 3.12 bits per heavy atom. The van der Waals surface area contributed by atoms with Crippen molar-refractivity contribution in [2.75, 3.05) is 12.5 Å². The number of nitrogens with one attached hydrogen (secondary N) is 1. The molecule has 0 aliphatic carbocycles. The average Bonchev–Trinajstić information content (AvgIpc) is 2.38. The zero-order valence-corrected chi connectivity index (χ0v) is 10.1. The van der Waals surface area contributed by atoms with Crippen molar-refractivity contribution in [3.05, 3.63) is 35.5 Å². The molecule has 0 bridgehead atoms. The molecule has 4 heteroatoms. The molecule has 17 heavy (non-hydrogen) atoms. The molecule has 1 aromatic rings. The molecule has 1 atom stereocenters. The van der Waals surface area contributed by atoms with E-state index >= 15 is 0 Å². The zero-order chi connectivity index (χ0) is 12.1. The SMILES string of the molecule is O=CC1NC=Cc2cc(OCCCCl)ccc21. The van der Waals surface area contributed by atoms with Crippen LogP contribution in [0.5, 0.6) is 5.75 Å². The van der Waals surface area contributed by atoms with Crippen molar-refractivity contribution in [3.8, 4) is 5.75 Å². The molecule has 0 saturated heterocycles. The van der Waals surface area contributed by atoms with Gasteiger partial charge in [0.1, 0.15) is 18.1 Å². The fourth-order valence-electron chi connectivity index (χ4n) is 1.76. The molecule has 1 heterocycles. The quantitative estimate of drug-likeness (QED) is 0.496. The van der Waals surface area contributed by atoms with E-state index in [1.165, 1.54) is 0 Å². The van der Waals surface area contributed by atoms with Gasteiger partial charge in [0, 0.05) is 5.88 Å². The lowest BCUT2D eigenvalue weighted by molar-refractivity contribution is -0.109. The summed E-state index contributed by atoms with van der Waals surface area (Å²) in [4.78, 5) is 10.9. The van der Waals surface area contributed by atoms with Crippen molar-refractivity contribution < 1.29 is 9.53 Å². The van der Waals surface area contributed by atoms with Crippen LogP contribution >= 0.6 is 11.6 Å². The molecule has 1 aliphatic rings. The molecule has 3 nitrogen and oxygen atoms in total. The summed E-state index contributed by atoms with van der Waals surface area (Å²) in [7, 11) is 0. The van der Waals surface area contributed by atoms with Crippen LogP contribution in [0.2, 0.25) is 0 Å². The number of carbonyl (C=O) groups excluding carboxylic acids is 1. The lowest BCUT2D eigenvalue weighted by atomic mass is 9.98. The topological polar surface area (TPSA) is 38.3 Å². The number of rotatable bonds is 5. The number of aldehydes is 1. The van der Waals surface area contributed by atoms with Crippen LogP contribution in [-0.2, 0) is 4.79 Å². The zero-order valence-electron chi connectivity index (χ0n) is 9.36. The molecule has 90 valence electrons. The molecule has 0 saturated carbocycles. The molecule has 1 aliphatic heterocycles. The average molecular weight is 252 g/mol. The smallest absolute Gasteiger partial charge is 0.146 e. The van der Waals surface area contributed by atoms with E-state index in [0.29, 0.717) is 12.5 Å². The van der Waals surface area contributed by atoms with Crippen LogP contribution in [0.1, 0.15) is 23.6 Å². The third-order valence-electron chi connectivity index (χ3n) is 2.61. The number of halogens is 1. The number of ether oxygens (including phenoxy) is 1. The Hall–Kier alpha value is -1.48. The van der Waals surface area contributed by atoms with Gasteiger partial charge in [-0.25, -0.2) is 0 Å². The minimum atomic E-state index is -0.258. The van der Waals surface area contributed by atoms with Gasteiger partial charge in [0.25, 0.3) is 0 Å². The Kier molecular flexibility index (Phi) is 4.04. The molecule has 1 unspecified atom stereocenters. The Balaban J connectivity index is 2.14. The van der Waals surface area contributed by atoms with Gasteiger partial charge in [-0.2, -0.15) is 0 Å². The Morgan fingerprint density at radius 2 is 2.35 bits per heavy atom. The highest BCUT2D eigenvalue weighted by atomic mass is 35.5. The summed E-state index contributed by atoms with van der Waals surface area (Å²) in [5.41, 5.74) is 2.00. The van der Waals surface area contributed by atoms with Gasteiger partial charge in [-0.15, -0.1) is 11.6 Å². The third kappa shape index (κ3) is 2.80. The van der Waals surface area contributed by atoms with Gasteiger partial charge in [0.05, 0.1) is 6.61 Å². The fraction of sp³-hybridized carbons (Fsp3) is 0.308. The molecule has 0 radical (unpaired) electrons. The predicted octanol–water partition coefficient (Wildman–Crippen LogP) is 2.51. The van der Waals surface area contributed by atoms with E-state index in [1.54, 1.807) is 6.20 Å². The fourth-order valence-corrected chi connectivity index (χ4v) is 1.87. The second-order valence-corrected chi connectivity index (χ2v) is 4.17. The van der Waals surface area contributed by atoms with Crippen molar-refractivity contribution in [2.24, 2.45) is 0 Å². The summed E-state index contributed by atoms with van der Waals surface area (Å²) in [5.74, 6) is 1.41. The van der Waals surface area contributed by atoms with Crippen molar-refractivity contribution in [1.82, 2.24) is 5.32 Å². The van der Waals surface area contributed by atoms with Gasteiger partial charge < -0.3 is 14.8 Å². The van der Waals surface area contributed by atoms with Crippen molar-refractivity contribution >= 4 is 24.0 Å². The number of carbonyl (C=O) groups is 1. The molecule has 0 amide bonds. The van der Waals surface area contributed by atoms with Gasteiger partial charge >= 0.3 is 0 Å². The van der Waals surface area contributed by atoms with Crippen LogP contribution in [0, 0.1) is 0 Å². The summed E-state index contributed by atoms with van der Waals surface area (Å²) >= 11 is 5.58. The first-order valence-electron chi connectivity index (χ1n) is 5.56. The van der Waals surface area contributed by atoms with Crippen molar-refractivity contribution in [2.45, 2.75) is 12.5 Å². The lowest BCUT2D eigenvalue weighted by Crippen LogP contribution is -2.20. The standard InChI is InChI=1S/C13H14ClNO2/c14-5-1-7-17-11-2-3-12-10(8-11)4-6-15-13(12)9-16/h2-4,6,8-9,13,15H,1,5,7H2. The summed E-state index contributed by atoms with van der Waals surface area (Å²) in [5, 5.41) is 2.99. The summed E-state index contributed by atoms with van der Waals surface area (Å²) < 4.78 is 5.55. The van der Waals surface area contributed by atoms with E-state index in [9.17, 15) is 4.79 Å². The highest BCUT2D eigenvalue weighted by Crippen LogP contribution is 2.26. The van der Waals surface area contributed by atoms with Crippen LogP contribution in [0.15, 0.2) is 24.4 Å².